The molecule has 1 aliphatic rings. The van der Waals surface area contributed by atoms with E-state index in [1.165, 1.54) is 27.7 Å². The van der Waals surface area contributed by atoms with Crippen molar-refractivity contribution in [2.24, 2.45) is 9.98 Å². The zero-order chi connectivity index (χ0) is 22.6. The van der Waals surface area contributed by atoms with Crippen LogP contribution < -0.4 is 5.46 Å². The molecule has 33 heavy (non-hydrogen) atoms. The third-order valence-corrected chi connectivity index (χ3v) is 6.58. The van der Waals surface area contributed by atoms with Gasteiger partial charge in [0.2, 0.25) is 0 Å². The van der Waals surface area contributed by atoms with Gasteiger partial charge in [0, 0.05) is 15.6 Å². The lowest BCUT2D eigenvalue weighted by Gasteiger charge is -2.16. The Morgan fingerprint density at radius 3 is 1.24 bits per heavy atom. The summed E-state index contributed by atoms with van der Waals surface area (Å²) in [7, 11) is 1.06. The van der Waals surface area contributed by atoms with Gasteiger partial charge in [-0.2, -0.15) is 0 Å². The van der Waals surface area contributed by atoms with E-state index < -0.39 is 0 Å². The van der Waals surface area contributed by atoms with E-state index in [0.717, 1.165) is 47.4 Å². The molecule has 4 aromatic rings. The van der Waals surface area contributed by atoms with Crippen molar-refractivity contribution in [3.05, 3.63) is 113 Å². The Balaban J connectivity index is 1.39. The third-order valence-electron chi connectivity index (χ3n) is 6.05. The van der Waals surface area contributed by atoms with Crippen molar-refractivity contribution in [1.82, 2.24) is 0 Å². The number of hydrogen-bond donors (Lipinski definition) is 0. The average Bonchev–Trinajstić information content (AvgIpc) is 2.89. The van der Waals surface area contributed by atoms with Gasteiger partial charge in [0.05, 0.1) is 24.5 Å². The van der Waals surface area contributed by atoms with E-state index >= 15 is 0 Å². The highest BCUT2D eigenvalue weighted by atomic mass is 79.9. The predicted molar refractivity (Wildman–Crippen MR) is 147 cm³/mol. The number of halogens is 1. The maximum Gasteiger partial charge on any atom is 0.154 e. The van der Waals surface area contributed by atoms with Crippen LogP contribution in [0.4, 0.5) is 0 Å². The second-order valence-electron chi connectivity index (χ2n) is 8.17. The zero-order valence-electron chi connectivity index (χ0n) is 18.6. The maximum atomic E-state index is 4.85. The molecule has 0 aromatic heterocycles. The van der Waals surface area contributed by atoms with Crippen LogP contribution in [0.5, 0.6) is 0 Å². The van der Waals surface area contributed by atoms with Gasteiger partial charge in [-0.3, -0.25) is 9.98 Å². The summed E-state index contributed by atoms with van der Waals surface area (Å²) in [4.78, 5) is 9.70. The number of benzene rings is 4. The van der Waals surface area contributed by atoms with E-state index in [1.54, 1.807) is 0 Å². The molecular weight excluding hydrogens is 467 g/mol. The van der Waals surface area contributed by atoms with Crippen molar-refractivity contribution in [2.75, 3.05) is 13.1 Å². The summed E-state index contributed by atoms with van der Waals surface area (Å²) in [5, 5.41) is 0. The van der Waals surface area contributed by atoms with Crippen LogP contribution in [0.15, 0.2) is 112 Å². The molecule has 0 fully saturated rings. The Kier molecular flexibility index (Phi) is 6.36. The molecule has 0 radical (unpaired) electrons. The van der Waals surface area contributed by atoms with Crippen LogP contribution in [-0.2, 0) is 0 Å². The Bertz CT molecular complexity index is 1300. The summed E-state index contributed by atoms with van der Waals surface area (Å²) in [5.74, 6) is 0. The van der Waals surface area contributed by atoms with E-state index in [0.29, 0.717) is 0 Å². The van der Waals surface area contributed by atoms with Crippen LogP contribution in [-0.4, -0.2) is 31.8 Å². The van der Waals surface area contributed by atoms with Gasteiger partial charge in [-0.25, -0.2) is 0 Å². The minimum absolute atomic E-state index is 0.731. The highest BCUT2D eigenvalue weighted by molar-refractivity contribution is 9.10. The number of aliphatic imine (C=N–C) groups is 2. The summed E-state index contributed by atoms with van der Waals surface area (Å²) in [5.41, 5.74) is 10.4. The Morgan fingerprint density at radius 2 is 0.848 bits per heavy atom. The molecular formula is C29H24BBrN2. The average molecular weight is 491 g/mol. The molecule has 0 N–H and O–H groups in total. The van der Waals surface area contributed by atoms with Crippen LogP contribution in [0.25, 0.3) is 22.3 Å². The summed E-state index contributed by atoms with van der Waals surface area (Å²) >= 11 is 3.50. The number of hydrogen-bond acceptors (Lipinski definition) is 2. The fraction of sp³-hybridized carbons (Fsp3) is 0.103. The maximum absolute atomic E-state index is 4.85. The molecule has 1 aliphatic heterocycles. The van der Waals surface area contributed by atoms with Crippen LogP contribution in [0.3, 0.4) is 0 Å². The van der Waals surface area contributed by atoms with Gasteiger partial charge in [-0.15, -0.1) is 0 Å². The molecule has 0 amide bonds. The van der Waals surface area contributed by atoms with Gasteiger partial charge in [-0.05, 0) is 34.4 Å². The molecule has 0 aliphatic carbocycles. The summed E-state index contributed by atoms with van der Waals surface area (Å²) in [6.45, 7) is 3.65. The minimum atomic E-state index is 0.731. The first-order valence-electron chi connectivity index (χ1n) is 11.4. The molecule has 0 saturated heterocycles. The van der Waals surface area contributed by atoms with E-state index in [2.05, 4.69) is 120 Å². The van der Waals surface area contributed by atoms with Crippen LogP contribution >= 0.6 is 15.9 Å². The molecule has 0 spiro atoms. The van der Waals surface area contributed by atoms with Crippen molar-refractivity contribution >= 4 is 40.1 Å². The van der Waals surface area contributed by atoms with Gasteiger partial charge in [-0.1, -0.05) is 113 Å². The van der Waals surface area contributed by atoms with Crippen molar-refractivity contribution < 1.29 is 0 Å². The zero-order valence-corrected chi connectivity index (χ0v) is 20.2. The molecule has 4 heteroatoms. The van der Waals surface area contributed by atoms with Gasteiger partial charge in [0.25, 0.3) is 0 Å². The Hall–Kier alpha value is -3.24. The van der Waals surface area contributed by atoms with Gasteiger partial charge in [0.1, 0.15) is 0 Å². The lowest BCUT2D eigenvalue weighted by molar-refractivity contribution is 0.964. The summed E-state index contributed by atoms with van der Waals surface area (Å²) < 4.78 is 1.09. The minimum Gasteiger partial charge on any atom is -0.281 e. The first-order chi connectivity index (χ1) is 16.2. The Morgan fingerprint density at radius 1 is 0.515 bits per heavy atom. The second kappa shape index (κ2) is 9.72. The van der Waals surface area contributed by atoms with Crippen molar-refractivity contribution in [2.45, 2.75) is 6.82 Å². The monoisotopic (exact) mass is 490 g/mol. The van der Waals surface area contributed by atoms with E-state index in [-0.39, 0.29) is 0 Å². The fourth-order valence-corrected chi connectivity index (χ4v) is 4.41. The van der Waals surface area contributed by atoms with E-state index in [9.17, 15) is 0 Å². The first kappa shape index (κ1) is 21.6. The molecule has 160 valence electrons. The topological polar surface area (TPSA) is 24.7 Å². The highest BCUT2D eigenvalue weighted by Crippen LogP contribution is 2.24. The normalized spacial score (nSPS) is 13.3. The molecule has 0 saturated carbocycles. The summed E-state index contributed by atoms with van der Waals surface area (Å²) in [6.07, 6.45) is 0. The SMILES string of the molecule is CBc1ccc(-c2ccc(C3=NCCN=C3c3ccc(-c4ccc(Br)cc4)cc3)cc2)cc1. The molecule has 5 rings (SSSR count). The molecule has 0 atom stereocenters. The van der Waals surface area contributed by atoms with Crippen molar-refractivity contribution in [1.29, 1.82) is 0 Å². The quantitative estimate of drug-likeness (QED) is 0.298. The van der Waals surface area contributed by atoms with Crippen LogP contribution in [0.2, 0.25) is 6.82 Å². The van der Waals surface area contributed by atoms with Crippen molar-refractivity contribution in [3.8, 4) is 22.3 Å². The van der Waals surface area contributed by atoms with E-state index in [4.69, 9.17) is 9.98 Å². The van der Waals surface area contributed by atoms with Crippen LogP contribution in [0.1, 0.15) is 11.1 Å². The Labute approximate surface area is 204 Å². The largest absolute Gasteiger partial charge is 0.281 e. The first-order valence-corrected chi connectivity index (χ1v) is 12.2. The molecule has 0 unspecified atom stereocenters. The standard InChI is InChI=1S/C29H24BBrN2/c1-30-26-14-10-22(11-15-26)20-2-6-24(7-3-20)28-29(33-19-18-32-28)25-8-4-21(5-9-25)23-12-16-27(31)17-13-23/h2-17,30H,18-19H2,1H3. The fourth-order valence-electron chi connectivity index (χ4n) is 4.15. The predicted octanol–water partition coefficient (Wildman–Crippen LogP) is 6.19. The van der Waals surface area contributed by atoms with Crippen molar-refractivity contribution in [3.63, 3.8) is 0 Å². The van der Waals surface area contributed by atoms with Gasteiger partial charge in [0.15, 0.2) is 7.28 Å². The van der Waals surface area contributed by atoms with Gasteiger partial charge < -0.3 is 0 Å². The second-order valence-corrected chi connectivity index (χ2v) is 9.09. The third kappa shape index (κ3) is 4.76. The molecule has 1 heterocycles. The van der Waals surface area contributed by atoms with Gasteiger partial charge >= 0.3 is 0 Å². The van der Waals surface area contributed by atoms with E-state index in [1.807, 2.05) is 0 Å². The smallest absolute Gasteiger partial charge is 0.154 e. The highest BCUT2D eigenvalue weighted by Gasteiger charge is 2.17. The lowest BCUT2D eigenvalue weighted by atomic mass is 9.73. The van der Waals surface area contributed by atoms with Crippen LogP contribution in [0, 0.1) is 0 Å². The number of rotatable bonds is 5. The molecule has 2 nitrogen and oxygen atoms in total. The lowest BCUT2D eigenvalue weighted by Crippen LogP contribution is -2.22. The number of nitrogens with zero attached hydrogens (tertiary/aromatic N) is 2. The molecule has 0 bridgehead atoms. The summed E-state index contributed by atoms with van der Waals surface area (Å²) in [6, 6.07) is 34.5. The molecule has 4 aromatic carbocycles.